The Morgan fingerprint density at radius 3 is 2.39 bits per heavy atom. The molecule has 5 rings (SSSR count). The highest BCUT2D eigenvalue weighted by atomic mass is 19.1. The summed E-state index contributed by atoms with van der Waals surface area (Å²) in [6.45, 7) is 9.40. The Labute approximate surface area is 192 Å². The second-order valence-corrected chi connectivity index (χ2v) is 8.61. The molecule has 7 nitrogen and oxygen atoms in total. The van der Waals surface area contributed by atoms with Gasteiger partial charge in [0.1, 0.15) is 5.82 Å². The third-order valence-corrected chi connectivity index (χ3v) is 6.31. The van der Waals surface area contributed by atoms with E-state index in [4.69, 9.17) is 9.97 Å². The van der Waals surface area contributed by atoms with E-state index < -0.39 is 0 Å². The number of carbonyl (C=O) groups excluding carboxylic acids is 1. The molecule has 0 unspecified atom stereocenters. The predicted octanol–water partition coefficient (Wildman–Crippen LogP) is 3.98. The molecule has 170 valence electrons. The Balaban J connectivity index is 1.77. The molecule has 2 N–H and O–H groups in total. The molecule has 1 aromatic heterocycles. The van der Waals surface area contributed by atoms with Crippen LogP contribution < -0.4 is 20.4 Å². The molecule has 33 heavy (non-hydrogen) atoms. The average Bonchev–Trinajstić information content (AvgIpc) is 2.80. The molecule has 0 spiro atoms. The van der Waals surface area contributed by atoms with Crippen LogP contribution in [0.25, 0.3) is 11.3 Å². The summed E-state index contributed by atoms with van der Waals surface area (Å²) < 4.78 is 13.9. The fourth-order valence-electron chi connectivity index (χ4n) is 4.64. The van der Waals surface area contributed by atoms with E-state index in [2.05, 4.69) is 15.5 Å². The van der Waals surface area contributed by atoms with E-state index in [1.54, 1.807) is 11.0 Å². The minimum atomic E-state index is -0.285. The van der Waals surface area contributed by atoms with Crippen LogP contribution in [0.15, 0.2) is 36.4 Å². The molecule has 0 bridgehead atoms. The summed E-state index contributed by atoms with van der Waals surface area (Å²) in [5, 5.41) is 6.34. The van der Waals surface area contributed by atoms with Gasteiger partial charge in [-0.2, -0.15) is 4.98 Å². The number of aryl methyl sites for hydroxylation is 3. The summed E-state index contributed by atoms with van der Waals surface area (Å²) in [7, 11) is 0. The number of nitrogens with zero attached hydrogens (tertiary/aromatic N) is 4. The van der Waals surface area contributed by atoms with Crippen molar-refractivity contribution in [3.05, 3.63) is 64.5 Å². The zero-order valence-corrected chi connectivity index (χ0v) is 19.1. The summed E-state index contributed by atoms with van der Waals surface area (Å²) in [6, 6.07) is 10.5. The second kappa shape index (κ2) is 8.44. The first-order chi connectivity index (χ1) is 15.9. The minimum absolute atomic E-state index is 0.216. The molecule has 3 heterocycles. The number of halogens is 1. The van der Waals surface area contributed by atoms with Crippen molar-refractivity contribution in [1.29, 1.82) is 0 Å². The average molecular weight is 447 g/mol. The molecular formula is C25H27FN6O. The first-order valence-electron chi connectivity index (χ1n) is 11.2. The van der Waals surface area contributed by atoms with E-state index in [-0.39, 0.29) is 11.8 Å². The number of fused-ring (bicyclic) bond motifs is 1. The van der Waals surface area contributed by atoms with Gasteiger partial charge in [-0.05, 0) is 55.7 Å². The lowest BCUT2D eigenvalue weighted by Crippen LogP contribution is -2.46. The fraction of sp³-hybridized carbons (Fsp3) is 0.320. The number of rotatable bonds is 3. The third-order valence-electron chi connectivity index (χ3n) is 6.31. The molecular weight excluding hydrogens is 419 g/mol. The van der Waals surface area contributed by atoms with Gasteiger partial charge in [-0.15, -0.1) is 0 Å². The molecule has 2 amide bonds. The number of nitrogens with one attached hydrogen (secondary N) is 2. The second-order valence-electron chi connectivity index (χ2n) is 8.61. The van der Waals surface area contributed by atoms with Crippen molar-refractivity contribution < 1.29 is 9.18 Å². The molecule has 0 radical (unpaired) electrons. The highest BCUT2D eigenvalue weighted by Crippen LogP contribution is 2.40. The van der Waals surface area contributed by atoms with Crippen molar-refractivity contribution in [2.45, 2.75) is 27.3 Å². The van der Waals surface area contributed by atoms with E-state index in [0.29, 0.717) is 18.3 Å². The van der Waals surface area contributed by atoms with Crippen molar-refractivity contribution in [3.63, 3.8) is 0 Å². The van der Waals surface area contributed by atoms with Crippen LogP contribution >= 0.6 is 0 Å². The van der Waals surface area contributed by atoms with Gasteiger partial charge in [-0.1, -0.05) is 18.2 Å². The van der Waals surface area contributed by atoms with Gasteiger partial charge in [0.25, 0.3) is 0 Å². The molecule has 1 fully saturated rings. The summed E-state index contributed by atoms with van der Waals surface area (Å²) in [4.78, 5) is 26.9. The largest absolute Gasteiger partial charge is 0.338 e. The first kappa shape index (κ1) is 21.3. The summed E-state index contributed by atoms with van der Waals surface area (Å²) in [5.74, 6) is 0.880. The van der Waals surface area contributed by atoms with Crippen molar-refractivity contribution in [2.24, 2.45) is 0 Å². The van der Waals surface area contributed by atoms with E-state index in [1.807, 2.05) is 39.0 Å². The van der Waals surface area contributed by atoms with Crippen LogP contribution in [0.4, 0.5) is 26.6 Å². The number of urea groups is 1. The monoisotopic (exact) mass is 446 g/mol. The van der Waals surface area contributed by atoms with Gasteiger partial charge in [0.05, 0.1) is 17.9 Å². The van der Waals surface area contributed by atoms with Crippen LogP contribution in [-0.4, -0.2) is 42.2 Å². The standard InChI is InChI=1S/C25H27FN6O/c1-15-5-4-6-16(2)22(15)32-23-20(14-28-25(32)33)21(19-8-7-18(26)13-17(19)3)29-24(30-23)31-11-9-27-10-12-31/h4-8,13,27H,9-12,14H2,1-3H3,(H,28,33). The Hall–Kier alpha value is -3.52. The van der Waals surface area contributed by atoms with Crippen molar-refractivity contribution in [1.82, 2.24) is 20.6 Å². The molecule has 8 heteroatoms. The lowest BCUT2D eigenvalue weighted by Gasteiger charge is -2.34. The summed E-state index contributed by atoms with van der Waals surface area (Å²) in [5.41, 5.74) is 5.97. The normalized spacial score (nSPS) is 15.9. The van der Waals surface area contributed by atoms with E-state index in [9.17, 15) is 9.18 Å². The quantitative estimate of drug-likeness (QED) is 0.637. The van der Waals surface area contributed by atoms with E-state index >= 15 is 0 Å². The lowest BCUT2D eigenvalue weighted by atomic mass is 9.99. The summed E-state index contributed by atoms with van der Waals surface area (Å²) >= 11 is 0. The number of benzene rings is 2. The molecule has 0 saturated carbocycles. The lowest BCUT2D eigenvalue weighted by molar-refractivity contribution is 0.246. The Kier molecular flexibility index (Phi) is 5.46. The number of aromatic nitrogens is 2. The molecule has 2 aliphatic heterocycles. The Morgan fingerprint density at radius 2 is 1.70 bits per heavy atom. The van der Waals surface area contributed by atoms with Crippen LogP contribution in [0.3, 0.4) is 0 Å². The number of para-hydroxylation sites is 1. The minimum Gasteiger partial charge on any atom is -0.338 e. The zero-order valence-electron chi connectivity index (χ0n) is 19.1. The molecule has 0 atom stereocenters. The van der Waals surface area contributed by atoms with Gasteiger partial charge in [-0.3, -0.25) is 0 Å². The van der Waals surface area contributed by atoms with Gasteiger partial charge >= 0.3 is 6.03 Å². The number of hydrogen-bond acceptors (Lipinski definition) is 5. The molecule has 1 saturated heterocycles. The van der Waals surface area contributed by atoms with Gasteiger partial charge in [-0.25, -0.2) is 19.1 Å². The number of piperazine rings is 1. The fourth-order valence-corrected chi connectivity index (χ4v) is 4.64. The molecule has 3 aromatic rings. The zero-order chi connectivity index (χ0) is 23.1. The van der Waals surface area contributed by atoms with Gasteiger partial charge in [0, 0.05) is 37.3 Å². The van der Waals surface area contributed by atoms with E-state index in [0.717, 1.165) is 65.4 Å². The maximum Gasteiger partial charge on any atom is 0.328 e. The smallest absolute Gasteiger partial charge is 0.328 e. The molecule has 2 aromatic carbocycles. The first-order valence-corrected chi connectivity index (χ1v) is 11.2. The number of anilines is 3. The van der Waals surface area contributed by atoms with Crippen LogP contribution in [0, 0.1) is 26.6 Å². The topological polar surface area (TPSA) is 73.4 Å². The number of hydrogen-bond donors (Lipinski definition) is 2. The van der Waals surface area contributed by atoms with Gasteiger partial charge < -0.3 is 15.5 Å². The van der Waals surface area contributed by atoms with Crippen molar-refractivity contribution >= 4 is 23.5 Å². The van der Waals surface area contributed by atoms with Crippen LogP contribution in [-0.2, 0) is 6.54 Å². The van der Waals surface area contributed by atoms with Crippen LogP contribution in [0.1, 0.15) is 22.3 Å². The van der Waals surface area contributed by atoms with Crippen LogP contribution in [0.5, 0.6) is 0 Å². The maximum absolute atomic E-state index is 13.9. The van der Waals surface area contributed by atoms with Crippen molar-refractivity contribution in [3.8, 4) is 11.3 Å². The molecule has 0 aliphatic carbocycles. The van der Waals surface area contributed by atoms with Crippen molar-refractivity contribution in [2.75, 3.05) is 36.0 Å². The Bertz CT molecular complexity index is 1220. The van der Waals surface area contributed by atoms with Gasteiger partial charge in [0.2, 0.25) is 5.95 Å². The SMILES string of the molecule is Cc1cc(F)ccc1-c1nc(N2CCNCC2)nc2c1CNC(=O)N2c1c(C)cccc1C. The van der Waals surface area contributed by atoms with Crippen LogP contribution in [0.2, 0.25) is 0 Å². The van der Waals surface area contributed by atoms with E-state index in [1.165, 1.54) is 12.1 Å². The number of amides is 2. The number of carbonyl (C=O) groups is 1. The highest BCUT2D eigenvalue weighted by Gasteiger charge is 2.33. The molecule has 2 aliphatic rings. The maximum atomic E-state index is 13.9. The highest BCUT2D eigenvalue weighted by molar-refractivity contribution is 6.03. The van der Waals surface area contributed by atoms with Gasteiger partial charge in [0.15, 0.2) is 5.82 Å². The summed E-state index contributed by atoms with van der Waals surface area (Å²) in [6.07, 6.45) is 0. The Morgan fingerprint density at radius 1 is 0.970 bits per heavy atom. The third kappa shape index (κ3) is 3.80. The predicted molar refractivity (Wildman–Crippen MR) is 128 cm³/mol.